The average Bonchev–Trinajstić information content (AvgIpc) is 2.18. The van der Waals surface area contributed by atoms with Crippen molar-refractivity contribution in [3.8, 4) is 0 Å². The van der Waals surface area contributed by atoms with Gasteiger partial charge in [0.2, 0.25) is 0 Å². The molecule has 1 rings (SSSR count). The second-order valence-electron chi connectivity index (χ2n) is 2.98. The lowest BCUT2D eigenvalue weighted by molar-refractivity contribution is -0.136. The van der Waals surface area contributed by atoms with E-state index in [1.54, 1.807) is 12.1 Å². The van der Waals surface area contributed by atoms with E-state index < -0.39 is 11.8 Å². The molecule has 0 aliphatic heterocycles. The first-order valence-corrected chi connectivity index (χ1v) is 5.48. The van der Waals surface area contributed by atoms with E-state index in [2.05, 4.69) is 15.9 Å². The van der Waals surface area contributed by atoms with Gasteiger partial charge in [-0.3, -0.25) is 4.79 Å². The maximum Gasteiger partial charge on any atom is 0.307 e. The third-order valence-corrected chi connectivity index (χ3v) is 2.19. The fraction of sp³-hybridized carbons (Fsp3) is 0.182. The van der Waals surface area contributed by atoms with Crippen LogP contribution in [0.25, 0.3) is 6.08 Å². The van der Waals surface area contributed by atoms with Crippen LogP contribution in [0, 0.1) is 5.82 Å². The molecule has 80 valence electrons. The quantitative estimate of drug-likeness (QED) is 0.856. The Morgan fingerprint density at radius 2 is 2.27 bits per heavy atom. The first-order chi connectivity index (χ1) is 7.13. The van der Waals surface area contributed by atoms with Crippen molar-refractivity contribution in [2.24, 2.45) is 0 Å². The zero-order valence-corrected chi connectivity index (χ0v) is 9.50. The van der Waals surface area contributed by atoms with Crippen molar-refractivity contribution in [2.75, 3.05) is 5.33 Å². The van der Waals surface area contributed by atoms with Gasteiger partial charge in [-0.2, -0.15) is 0 Å². The molecule has 0 heterocycles. The minimum absolute atomic E-state index is 0.207. The Morgan fingerprint density at radius 3 is 2.80 bits per heavy atom. The monoisotopic (exact) mass is 272 g/mol. The van der Waals surface area contributed by atoms with Crippen LogP contribution in [0.5, 0.6) is 0 Å². The molecule has 0 spiro atoms. The second-order valence-corrected chi connectivity index (χ2v) is 3.63. The van der Waals surface area contributed by atoms with Crippen LogP contribution in [0.2, 0.25) is 0 Å². The molecule has 1 aromatic rings. The molecule has 15 heavy (non-hydrogen) atoms. The molecule has 1 N–H and O–H groups in total. The number of carboxylic acid groups (broad SMARTS) is 1. The van der Waals surface area contributed by atoms with E-state index in [1.807, 2.05) is 6.08 Å². The highest BCUT2D eigenvalue weighted by Crippen LogP contribution is 2.12. The summed E-state index contributed by atoms with van der Waals surface area (Å²) in [5, 5.41) is 9.22. The number of alkyl halides is 1. The Bertz CT molecular complexity index is 388. The van der Waals surface area contributed by atoms with Gasteiger partial charge in [-0.25, -0.2) is 4.39 Å². The normalized spacial score (nSPS) is 10.8. The van der Waals surface area contributed by atoms with Gasteiger partial charge in [0.15, 0.2) is 0 Å². The number of benzene rings is 1. The van der Waals surface area contributed by atoms with Crippen LogP contribution in [0.1, 0.15) is 11.1 Å². The van der Waals surface area contributed by atoms with Gasteiger partial charge in [0, 0.05) is 5.33 Å². The van der Waals surface area contributed by atoms with Gasteiger partial charge in [-0.15, -0.1) is 0 Å². The SMILES string of the molecule is O=C(O)Cc1ccc(C=CCBr)cc1F. The average molecular weight is 273 g/mol. The number of halogens is 2. The van der Waals surface area contributed by atoms with Gasteiger partial charge in [0.1, 0.15) is 5.82 Å². The van der Waals surface area contributed by atoms with Crippen LogP contribution >= 0.6 is 15.9 Å². The second kappa shape index (κ2) is 5.66. The Balaban J connectivity index is 2.87. The lowest BCUT2D eigenvalue weighted by Crippen LogP contribution is -2.02. The molecule has 0 fully saturated rings. The number of aliphatic carboxylic acids is 1. The van der Waals surface area contributed by atoms with E-state index in [0.717, 1.165) is 5.56 Å². The van der Waals surface area contributed by atoms with Crippen LogP contribution in [-0.2, 0) is 11.2 Å². The highest BCUT2D eigenvalue weighted by molar-refractivity contribution is 9.09. The van der Waals surface area contributed by atoms with Gasteiger partial charge in [-0.1, -0.05) is 40.2 Å². The molecule has 0 bridgehead atoms. The van der Waals surface area contributed by atoms with Crippen molar-refractivity contribution in [1.82, 2.24) is 0 Å². The summed E-state index contributed by atoms with van der Waals surface area (Å²) in [6.07, 6.45) is 3.32. The van der Waals surface area contributed by atoms with Crippen molar-refractivity contribution >= 4 is 28.0 Å². The molecular formula is C11H10BrFO2. The summed E-state index contributed by atoms with van der Waals surface area (Å²) in [4.78, 5) is 10.4. The van der Waals surface area contributed by atoms with E-state index in [4.69, 9.17) is 5.11 Å². The standard InChI is InChI=1S/C11H10BrFO2/c12-5-1-2-8-3-4-9(7-11(14)15)10(13)6-8/h1-4,6H,5,7H2,(H,14,15). The molecular weight excluding hydrogens is 263 g/mol. The molecule has 1 aromatic carbocycles. The Hall–Kier alpha value is -1.16. The number of carbonyl (C=O) groups is 1. The van der Waals surface area contributed by atoms with Crippen LogP contribution in [0.3, 0.4) is 0 Å². The number of hydrogen-bond acceptors (Lipinski definition) is 1. The first kappa shape index (κ1) is 11.9. The third kappa shape index (κ3) is 3.83. The van der Waals surface area contributed by atoms with Crippen molar-refractivity contribution in [1.29, 1.82) is 0 Å². The smallest absolute Gasteiger partial charge is 0.307 e. The lowest BCUT2D eigenvalue weighted by atomic mass is 10.1. The summed E-state index contributed by atoms with van der Waals surface area (Å²) in [6, 6.07) is 4.52. The number of hydrogen-bond donors (Lipinski definition) is 1. The molecule has 0 saturated carbocycles. The Labute approximate surface area is 95.6 Å². The van der Waals surface area contributed by atoms with E-state index in [1.165, 1.54) is 12.1 Å². The van der Waals surface area contributed by atoms with Gasteiger partial charge < -0.3 is 5.11 Å². The maximum atomic E-state index is 13.3. The van der Waals surface area contributed by atoms with E-state index in [0.29, 0.717) is 5.33 Å². The summed E-state index contributed by atoms with van der Waals surface area (Å²) in [6.45, 7) is 0. The summed E-state index contributed by atoms with van der Waals surface area (Å²) in [5.41, 5.74) is 0.930. The van der Waals surface area contributed by atoms with Gasteiger partial charge >= 0.3 is 5.97 Å². The Kier molecular flexibility index (Phi) is 4.49. The predicted molar refractivity (Wildman–Crippen MR) is 60.6 cm³/mol. The zero-order chi connectivity index (χ0) is 11.3. The highest BCUT2D eigenvalue weighted by atomic mass is 79.9. The van der Waals surface area contributed by atoms with Crippen LogP contribution < -0.4 is 0 Å². The molecule has 0 amide bonds. The van der Waals surface area contributed by atoms with Gasteiger partial charge in [0.05, 0.1) is 6.42 Å². The summed E-state index contributed by atoms with van der Waals surface area (Å²) >= 11 is 3.21. The predicted octanol–water partition coefficient (Wildman–Crippen LogP) is 2.86. The summed E-state index contributed by atoms with van der Waals surface area (Å²) in [5.74, 6) is -1.51. The first-order valence-electron chi connectivity index (χ1n) is 4.36. The summed E-state index contributed by atoms with van der Waals surface area (Å²) in [7, 11) is 0. The fourth-order valence-corrected chi connectivity index (χ4v) is 1.34. The molecule has 2 nitrogen and oxygen atoms in total. The van der Waals surface area contributed by atoms with Crippen molar-refractivity contribution < 1.29 is 14.3 Å². The minimum Gasteiger partial charge on any atom is -0.481 e. The number of carboxylic acids is 1. The zero-order valence-electron chi connectivity index (χ0n) is 7.91. The largest absolute Gasteiger partial charge is 0.481 e. The van der Waals surface area contributed by atoms with E-state index in [9.17, 15) is 9.18 Å². The van der Waals surface area contributed by atoms with E-state index >= 15 is 0 Å². The van der Waals surface area contributed by atoms with Crippen LogP contribution in [0.15, 0.2) is 24.3 Å². The summed E-state index contributed by atoms with van der Waals surface area (Å²) < 4.78 is 13.3. The molecule has 0 saturated heterocycles. The number of allylic oxidation sites excluding steroid dienone is 1. The van der Waals surface area contributed by atoms with E-state index in [-0.39, 0.29) is 12.0 Å². The molecule has 0 aliphatic rings. The van der Waals surface area contributed by atoms with Crippen LogP contribution in [0.4, 0.5) is 4.39 Å². The van der Waals surface area contributed by atoms with Gasteiger partial charge in [-0.05, 0) is 17.2 Å². The van der Waals surface area contributed by atoms with Crippen LogP contribution in [-0.4, -0.2) is 16.4 Å². The number of rotatable bonds is 4. The van der Waals surface area contributed by atoms with Crippen molar-refractivity contribution in [2.45, 2.75) is 6.42 Å². The van der Waals surface area contributed by atoms with Gasteiger partial charge in [0.25, 0.3) is 0 Å². The molecule has 0 radical (unpaired) electrons. The molecule has 0 aliphatic carbocycles. The topological polar surface area (TPSA) is 37.3 Å². The fourth-order valence-electron chi connectivity index (χ4n) is 1.15. The van der Waals surface area contributed by atoms with Crippen molar-refractivity contribution in [3.63, 3.8) is 0 Å². The van der Waals surface area contributed by atoms with Crippen molar-refractivity contribution in [3.05, 3.63) is 41.2 Å². The third-order valence-electron chi connectivity index (χ3n) is 1.82. The molecule has 4 heteroatoms. The molecule has 0 unspecified atom stereocenters. The molecule has 0 aromatic heterocycles. The maximum absolute atomic E-state index is 13.3. The lowest BCUT2D eigenvalue weighted by Gasteiger charge is -2.00. The highest BCUT2D eigenvalue weighted by Gasteiger charge is 2.06. The molecule has 0 atom stereocenters. The Morgan fingerprint density at radius 1 is 1.53 bits per heavy atom. The minimum atomic E-state index is -1.03.